The lowest BCUT2D eigenvalue weighted by Crippen LogP contribution is -2.22. The van der Waals surface area contributed by atoms with Gasteiger partial charge in [-0.1, -0.05) is 0 Å². The van der Waals surface area contributed by atoms with Crippen LogP contribution in [0.15, 0.2) is 12.4 Å². The Balaban J connectivity index is 2.04. The molecule has 2 rings (SSSR count). The predicted octanol–water partition coefficient (Wildman–Crippen LogP) is -0.615. The number of hydrogen-bond donors (Lipinski definition) is 2. The van der Waals surface area contributed by atoms with E-state index < -0.39 is 0 Å². The summed E-state index contributed by atoms with van der Waals surface area (Å²) in [5.74, 6) is 1.32. The smallest absolute Gasteiger partial charge is 0.218 e. The van der Waals surface area contributed by atoms with Crippen molar-refractivity contribution < 1.29 is 9.84 Å². The van der Waals surface area contributed by atoms with E-state index in [1.165, 1.54) is 6.33 Å². The first-order valence-corrected chi connectivity index (χ1v) is 5.37. The highest BCUT2D eigenvalue weighted by atomic mass is 16.5. The minimum Gasteiger partial charge on any atom is -0.476 e. The Labute approximate surface area is 94.1 Å². The molecule has 0 aromatic carbocycles. The van der Waals surface area contributed by atoms with Crippen LogP contribution in [0.25, 0.3) is 0 Å². The Kier molecular flexibility index (Phi) is 3.53. The molecule has 6 heteroatoms. The van der Waals surface area contributed by atoms with Crippen molar-refractivity contribution in [3.8, 4) is 5.88 Å². The van der Waals surface area contributed by atoms with Crippen LogP contribution >= 0.6 is 0 Å². The summed E-state index contributed by atoms with van der Waals surface area (Å²) in [5, 5.41) is 9.44. The van der Waals surface area contributed by atoms with Gasteiger partial charge < -0.3 is 20.5 Å². The van der Waals surface area contributed by atoms with Crippen LogP contribution in [0, 0.1) is 0 Å². The molecule has 1 aliphatic rings. The van der Waals surface area contributed by atoms with Gasteiger partial charge in [-0.15, -0.1) is 0 Å². The van der Waals surface area contributed by atoms with Crippen molar-refractivity contribution in [2.45, 2.75) is 12.5 Å². The highest BCUT2D eigenvalue weighted by molar-refractivity contribution is 5.42. The number of hydrogen-bond acceptors (Lipinski definition) is 6. The molecule has 2 heterocycles. The summed E-state index contributed by atoms with van der Waals surface area (Å²) >= 11 is 0. The topological polar surface area (TPSA) is 84.5 Å². The number of nitrogens with zero attached hydrogens (tertiary/aromatic N) is 3. The van der Waals surface area contributed by atoms with Gasteiger partial charge in [-0.3, -0.25) is 0 Å². The summed E-state index contributed by atoms with van der Waals surface area (Å²) < 4.78 is 5.32. The molecule has 0 unspecified atom stereocenters. The van der Waals surface area contributed by atoms with E-state index in [1.807, 2.05) is 4.90 Å². The van der Waals surface area contributed by atoms with E-state index in [1.54, 1.807) is 6.07 Å². The van der Waals surface area contributed by atoms with E-state index in [-0.39, 0.29) is 6.10 Å². The van der Waals surface area contributed by atoms with E-state index in [0.717, 1.165) is 18.8 Å². The van der Waals surface area contributed by atoms with Crippen LogP contribution in [-0.4, -0.2) is 47.4 Å². The fourth-order valence-electron chi connectivity index (χ4n) is 1.70. The van der Waals surface area contributed by atoms with E-state index in [0.29, 0.717) is 25.6 Å². The summed E-state index contributed by atoms with van der Waals surface area (Å²) in [6.07, 6.45) is 1.98. The van der Waals surface area contributed by atoms with Crippen LogP contribution in [0.5, 0.6) is 5.88 Å². The molecular weight excluding hydrogens is 208 g/mol. The Morgan fingerprint density at radius 3 is 3.12 bits per heavy atom. The third-order valence-electron chi connectivity index (χ3n) is 2.48. The summed E-state index contributed by atoms with van der Waals surface area (Å²) in [6, 6.07) is 1.77. The number of anilines is 1. The molecule has 1 atom stereocenters. The Morgan fingerprint density at radius 2 is 2.44 bits per heavy atom. The molecule has 0 radical (unpaired) electrons. The van der Waals surface area contributed by atoms with Crippen LogP contribution in [0.2, 0.25) is 0 Å². The van der Waals surface area contributed by atoms with Gasteiger partial charge in [0.15, 0.2) is 0 Å². The average molecular weight is 224 g/mol. The molecule has 1 aliphatic heterocycles. The van der Waals surface area contributed by atoms with Crippen molar-refractivity contribution in [1.29, 1.82) is 0 Å². The lowest BCUT2D eigenvalue weighted by Gasteiger charge is -2.16. The third kappa shape index (κ3) is 2.59. The first-order valence-electron chi connectivity index (χ1n) is 5.37. The van der Waals surface area contributed by atoms with Crippen molar-refractivity contribution in [3.05, 3.63) is 12.4 Å². The summed E-state index contributed by atoms with van der Waals surface area (Å²) in [5.41, 5.74) is 5.34. The number of aliphatic hydroxyl groups is 1. The monoisotopic (exact) mass is 224 g/mol. The number of β-amino-alcohol motifs (C(OH)–C–C–N with tert-alkyl or cyclic N) is 1. The molecule has 1 aromatic heterocycles. The number of nitrogens with two attached hydrogens (primary N) is 1. The lowest BCUT2D eigenvalue weighted by atomic mass is 10.3. The number of aromatic nitrogens is 2. The van der Waals surface area contributed by atoms with Gasteiger partial charge in [-0.05, 0) is 6.42 Å². The first-order chi connectivity index (χ1) is 7.79. The molecule has 0 bridgehead atoms. The van der Waals surface area contributed by atoms with Crippen LogP contribution in [0.3, 0.4) is 0 Å². The van der Waals surface area contributed by atoms with E-state index >= 15 is 0 Å². The molecular formula is C10H16N4O2. The first kappa shape index (κ1) is 11.1. The molecule has 1 fully saturated rings. The summed E-state index contributed by atoms with van der Waals surface area (Å²) in [7, 11) is 0. The molecule has 16 heavy (non-hydrogen) atoms. The van der Waals surface area contributed by atoms with Crippen LogP contribution in [-0.2, 0) is 0 Å². The van der Waals surface area contributed by atoms with Gasteiger partial charge in [0.05, 0.1) is 6.10 Å². The normalized spacial score (nSPS) is 20.1. The van der Waals surface area contributed by atoms with Gasteiger partial charge in [-0.2, -0.15) is 0 Å². The maximum absolute atomic E-state index is 9.44. The zero-order chi connectivity index (χ0) is 11.4. The second-order valence-electron chi connectivity index (χ2n) is 3.74. The predicted molar refractivity (Wildman–Crippen MR) is 59.4 cm³/mol. The number of ether oxygens (including phenoxy) is 1. The number of aliphatic hydroxyl groups excluding tert-OH is 1. The standard InChI is InChI=1S/C10H16N4O2/c11-2-4-16-10-5-9(12-7-13-10)14-3-1-8(15)6-14/h5,7-8,15H,1-4,6,11H2/t8-/m1/s1. The molecule has 88 valence electrons. The highest BCUT2D eigenvalue weighted by Crippen LogP contribution is 2.20. The minimum atomic E-state index is -0.261. The Bertz CT molecular complexity index is 347. The van der Waals surface area contributed by atoms with Gasteiger partial charge in [0.2, 0.25) is 5.88 Å². The number of rotatable bonds is 4. The Morgan fingerprint density at radius 1 is 1.56 bits per heavy atom. The summed E-state index contributed by atoms with van der Waals surface area (Å²) in [6.45, 7) is 2.34. The maximum Gasteiger partial charge on any atom is 0.218 e. The SMILES string of the molecule is NCCOc1cc(N2CC[C@@H](O)C2)ncn1. The zero-order valence-electron chi connectivity index (χ0n) is 9.04. The quantitative estimate of drug-likeness (QED) is 0.709. The molecule has 0 spiro atoms. The van der Waals surface area contributed by atoms with Crippen LogP contribution in [0.4, 0.5) is 5.82 Å². The van der Waals surface area contributed by atoms with E-state index in [4.69, 9.17) is 10.5 Å². The van der Waals surface area contributed by atoms with E-state index in [2.05, 4.69) is 9.97 Å². The third-order valence-corrected chi connectivity index (χ3v) is 2.48. The van der Waals surface area contributed by atoms with Crippen molar-refractivity contribution in [2.24, 2.45) is 5.73 Å². The molecule has 1 saturated heterocycles. The second-order valence-corrected chi connectivity index (χ2v) is 3.74. The maximum atomic E-state index is 9.44. The van der Waals surface area contributed by atoms with Gasteiger partial charge in [0.25, 0.3) is 0 Å². The Hall–Kier alpha value is -1.40. The van der Waals surface area contributed by atoms with Crippen LogP contribution in [0.1, 0.15) is 6.42 Å². The molecule has 3 N–H and O–H groups in total. The average Bonchev–Trinajstić information content (AvgIpc) is 2.74. The van der Waals surface area contributed by atoms with Gasteiger partial charge in [-0.25, -0.2) is 9.97 Å². The molecule has 0 saturated carbocycles. The van der Waals surface area contributed by atoms with Gasteiger partial charge >= 0.3 is 0 Å². The van der Waals surface area contributed by atoms with E-state index in [9.17, 15) is 5.11 Å². The lowest BCUT2D eigenvalue weighted by molar-refractivity contribution is 0.198. The van der Waals surface area contributed by atoms with Crippen molar-refractivity contribution in [3.63, 3.8) is 0 Å². The second kappa shape index (κ2) is 5.09. The van der Waals surface area contributed by atoms with Crippen molar-refractivity contribution in [1.82, 2.24) is 9.97 Å². The zero-order valence-corrected chi connectivity index (χ0v) is 9.04. The van der Waals surface area contributed by atoms with Gasteiger partial charge in [0, 0.05) is 25.7 Å². The molecule has 6 nitrogen and oxygen atoms in total. The largest absolute Gasteiger partial charge is 0.476 e. The highest BCUT2D eigenvalue weighted by Gasteiger charge is 2.21. The molecule has 1 aromatic rings. The molecule has 0 amide bonds. The fourth-order valence-corrected chi connectivity index (χ4v) is 1.70. The van der Waals surface area contributed by atoms with Gasteiger partial charge in [0.1, 0.15) is 18.8 Å². The van der Waals surface area contributed by atoms with Crippen molar-refractivity contribution >= 4 is 5.82 Å². The molecule has 0 aliphatic carbocycles. The minimum absolute atomic E-state index is 0.261. The van der Waals surface area contributed by atoms with Crippen LogP contribution < -0.4 is 15.4 Å². The van der Waals surface area contributed by atoms with Crippen molar-refractivity contribution in [2.75, 3.05) is 31.1 Å². The fraction of sp³-hybridized carbons (Fsp3) is 0.600. The summed E-state index contributed by atoms with van der Waals surface area (Å²) in [4.78, 5) is 10.2.